The highest BCUT2D eigenvalue weighted by atomic mass is 16.5. The third kappa shape index (κ3) is 2.18. The van der Waals surface area contributed by atoms with E-state index >= 15 is 0 Å². The molecule has 1 aromatic carbocycles. The number of pyridine rings is 1. The van der Waals surface area contributed by atoms with Crippen molar-refractivity contribution in [1.29, 1.82) is 0 Å². The van der Waals surface area contributed by atoms with Crippen molar-refractivity contribution >= 4 is 10.8 Å². The first-order valence-electron chi connectivity index (χ1n) is 6.57. The second-order valence-electron chi connectivity index (χ2n) is 4.84. The van der Waals surface area contributed by atoms with E-state index in [1.54, 1.807) is 0 Å². The van der Waals surface area contributed by atoms with Gasteiger partial charge in [0.1, 0.15) is 6.10 Å². The van der Waals surface area contributed by atoms with Crippen molar-refractivity contribution in [2.75, 3.05) is 7.05 Å². The van der Waals surface area contributed by atoms with Gasteiger partial charge in [0.2, 0.25) is 5.88 Å². The largest absolute Gasteiger partial charge is 0.474 e. The molecule has 1 heterocycles. The summed E-state index contributed by atoms with van der Waals surface area (Å²) in [5.74, 6) is 0.794. The van der Waals surface area contributed by atoms with Crippen LogP contribution in [-0.4, -0.2) is 18.1 Å². The summed E-state index contributed by atoms with van der Waals surface area (Å²) in [7, 11) is 1.93. The van der Waals surface area contributed by atoms with Gasteiger partial charge in [0.25, 0.3) is 0 Å². The third-order valence-corrected chi connectivity index (χ3v) is 3.45. The molecule has 0 spiro atoms. The molecule has 1 saturated carbocycles. The van der Waals surface area contributed by atoms with E-state index in [1.165, 1.54) is 11.8 Å². The van der Waals surface area contributed by atoms with Gasteiger partial charge in [-0.3, -0.25) is 0 Å². The van der Waals surface area contributed by atoms with E-state index in [0.29, 0.717) is 6.10 Å². The van der Waals surface area contributed by atoms with Gasteiger partial charge < -0.3 is 10.1 Å². The summed E-state index contributed by atoms with van der Waals surface area (Å²) in [6.07, 6.45) is 3.96. The van der Waals surface area contributed by atoms with Gasteiger partial charge in [0.15, 0.2) is 0 Å². The standard InChI is InChI=1S/C15H18N2O/c1-16-10-12-9-11-5-2-3-8-14(11)15(17-12)18-13-6-4-7-13/h2-3,5,8-9,13,16H,4,6-7,10H2,1H3. The SMILES string of the molecule is CNCc1cc2ccccc2c(OC2CCC2)n1. The molecule has 94 valence electrons. The molecular weight excluding hydrogens is 224 g/mol. The Labute approximate surface area is 107 Å². The lowest BCUT2D eigenvalue weighted by atomic mass is 9.96. The molecule has 3 heteroatoms. The fourth-order valence-electron chi connectivity index (χ4n) is 2.23. The average Bonchev–Trinajstić information content (AvgIpc) is 2.34. The Balaban J connectivity index is 2.01. The van der Waals surface area contributed by atoms with Crippen LogP contribution < -0.4 is 10.1 Å². The van der Waals surface area contributed by atoms with E-state index in [-0.39, 0.29) is 0 Å². The van der Waals surface area contributed by atoms with E-state index in [9.17, 15) is 0 Å². The Kier molecular flexibility index (Phi) is 3.15. The quantitative estimate of drug-likeness (QED) is 0.895. The second kappa shape index (κ2) is 4.94. The molecule has 0 atom stereocenters. The van der Waals surface area contributed by atoms with Crippen molar-refractivity contribution < 1.29 is 4.74 Å². The molecule has 0 aliphatic heterocycles. The summed E-state index contributed by atoms with van der Waals surface area (Å²) >= 11 is 0. The minimum Gasteiger partial charge on any atom is -0.474 e. The number of nitrogens with zero attached hydrogens (tertiary/aromatic N) is 1. The zero-order valence-corrected chi connectivity index (χ0v) is 10.6. The Morgan fingerprint density at radius 3 is 2.89 bits per heavy atom. The number of aromatic nitrogens is 1. The zero-order valence-electron chi connectivity index (χ0n) is 10.6. The van der Waals surface area contributed by atoms with Crippen molar-refractivity contribution in [1.82, 2.24) is 10.3 Å². The van der Waals surface area contributed by atoms with Crippen LogP contribution in [0.3, 0.4) is 0 Å². The smallest absolute Gasteiger partial charge is 0.221 e. The maximum absolute atomic E-state index is 6.01. The molecule has 1 fully saturated rings. The molecule has 1 aliphatic carbocycles. The molecule has 0 saturated heterocycles. The van der Waals surface area contributed by atoms with E-state index in [1.807, 2.05) is 13.1 Å². The molecule has 3 rings (SSSR count). The Morgan fingerprint density at radius 1 is 1.33 bits per heavy atom. The first-order chi connectivity index (χ1) is 8.86. The van der Waals surface area contributed by atoms with Gasteiger partial charge in [0.05, 0.1) is 5.69 Å². The molecule has 0 bridgehead atoms. The molecule has 1 aliphatic rings. The maximum Gasteiger partial charge on any atom is 0.221 e. The third-order valence-electron chi connectivity index (χ3n) is 3.45. The fraction of sp³-hybridized carbons (Fsp3) is 0.400. The van der Waals surface area contributed by atoms with Crippen molar-refractivity contribution in [3.05, 3.63) is 36.0 Å². The Hall–Kier alpha value is -1.61. The van der Waals surface area contributed by atoms with Crippen molar-refractivity contribution in [3.8, 4) is 5.88 Å². The van der Waals surface area contributed by atoms with E-state index in [2.05, 4.69) is 34.6 Å². The predicted octanol–water partition coefficient (Wildman–Crippen LogP) is 2.89. The molecule has 2 aromatic rings. The molecule has 0 radical (unpaired) electrons. The van der Waals surface area contributed by atoms with Gasteiger partial charge in [-0.05, 0) is 43.8 Å². The number of nitrogens with one attached hydrogen (secondary N) is 1. The number of hydrogen-bond donors (Lipinski definition) is 1. The number of hydrogen-bond acceptors (Lipinski definition) is 3. The van der Waals surface area contributed by atoms with E-state index in [0.717, 1.165) is 36.3 Å². The van der Waals surface area contributed by atoms with Crippen molar-refractivity contribution in [2.45, 2.75) is 31.9 Å². The first kappa shape index (κ1) is 11.5. The normalized spacial score (nSPS) is 15.6. The van der Waals surface area contributed by atoms with Crippen LogP contribution >= 0.6 is 0 Å². The average molecular weight is 242 g/mol. The van der Waals surface area contributed by atoms with Gasteiger partial charge in [-0.25, -0.2) is 4.98 Å². The summed E-state index contributed by atoms with van der Waals surface area (Å²) in [6, 6.07) is 10.4. The summed E-state index contributed by atoms with van der Waals surface area (Å²) in [5.41, 5.74) is 1.03. The van der Waals surface area contributed by atoms with Crippen LogP contribution in [0.15, 0.2) is 30.3 Å². The van der Waals surface area contributed by atoms with Crippen LogP contribution in [0.2, 0.25) is 0 Å². The number of benzene rings is 1. The van der Waals surface area contributed by atoms with E-state index < -0.39 is 0 Å². The lowest BCUT2D eigenvalue weighted by molar-refractivity contribution is 0.116. The van der Waals surface area contributed by atoms with Crippen LogP contribution in [0, 0.1) is 0 Å². The zero-order chi connectivity index (χ0) is 12.4. The number of rotatable bonds is 4. The van der Waals surface area contributed by atoms with Gasteiger partial charge >= 0.3 is 0 Å². The van der Waals surface area contributed by atoms with Crippen molar-refractivity contribution in [3.63, 3.8) is 0 Å². The lowest BCUT2D eigenvalue weighted by Gasteiger charge is -2.26. The number of ether oxygens (including phenoxy) is 1. The molecule has 1 N–H and O–H groups in total. The highest BCUT2D eigenvalue weighted by Crippen LogP contribution is 2.29. The summed E-state index contributed by atoms with van der Waals surface area (Å²) in [4.78, 5) is 4.63. The Bertz CT molecular complexity index is 549. The molecule has 0 unspecified atom stereocenters. The van der Waals surface area contributed by atoms with Crippen LogP contribution in [0.1, 0.15) is 25.0 Å². The van der Waals surface area contributed by atoms with Crippen LogP contribution in [0.5, 0.6) is 5.88 Å². The van der Waals surface area contributed by atoms with Gasteiger partial charge in [0, 0.05) is 11.9 Å². The van der Waals surface area contributed by atoms with Gasteiger partial charge in [-0.15, -0.1) is 0 Å². The minimum absolute atomic E-state index is 0.366. The number of fused-ring (bicyclic) bond motifs is 1. The lowest BCUT2D eigenvalue weighted by Crippen LogP contribution is -2.25. The summed E-state index contributed by atoms with van der Waals surface area (Å²) < 4.78 is 6.01. The predicted molar refractivity (Wildman–Crippen MR) is 72.8 cm³/mol. The molecule has 3 nitrogen and oxygen atoms in total. The fourth-order valence-corrected chi connectivity index (χ4v) is 2.23. The van der Waals surface area contributed by atoms with Crippen molar-refractivity contribution in [2.24, 2.45) is 0 Å². The molecule has 1 aromatic heterocycles. The highest BCUT2D eigenvalue weighted by molar-refractivity contribution is 5.87. The summed E-state index contributed by atoms with van der Waals surface area (Å²) in [6.45, 7) is 0.770. The van der Waals surface area contributed by atoms with Crippen LogP contribution in [-0.2, 0) is 6.54 Å². The second-order valence-corrected chi connectivity index (χ2v) is 4.84. The summed E-state index contributed by atoms with van der Waals surface area (Å²) in [5, 5.41) is 5.46. The highest BCUT2D eigenvalue weighted by Gasteiger charge is 2.20. The Morgan fingerprint density at radius 2 is 2.17 bits per heavy atom. The molecule has 0 amide bonds. The van der Waals surface area contributed by atoms with Gasteiger partial charge in [-0.2, -0.15) is 0 Å². The van der Waals surface area contributed by atoms with E-state index in [4.69, 9.17) is 4.74 Å². The van der Waals surface area contributed by atoms with Gasteiger partial charge in [-0.1, -0.05) is 18.2 Å². The first-order valence-corrected chi connectivity index (χ1v) is 6.57. The molecular formula is C15H18N2O. The minimum atomic E-state index is 0.366. The topological polar surface area (TPSA) is 34.1 Å². The van der Waals surface area contributed by atoms with Crippen LogP contribution in [0.25, 0.3) is 10.8 Å². The monoisotopic (exact) mass is 242 g/mol. The molecule has 18 heavy (non-hydrogen) atoms. The maximum atomic E-state index is 6.01. The van der Waals surface area contributed by atoms with Crippen LogP contribution in [0.4, 0.5) is 0 Å².